The predicted octanol–water partition coefficient (Wildman–Crippen LogP) is 1.47. The molecule has 5 nitrogen and oxygen atoms in total. The lowest BCUT2D eigenvalue weighted by Gasteiger charge is -2.17. The molecule has 1 aromatic carbocycles. The van der Waals surface area contributed by atoms with E-state index >= 15 is 0 Å². The summed E-state index contributed by atoms with van der Waals surface area (Å²) in [6.07, 6.45) is 3.18. The minimum absolute atomic E-state index is 0.0742. The molecule has 5 heteroatoms. The molecule has 108 valence electrons. The first-order chi connectivity index (χ1) is 10.2. The second-order valence-corrected chi connectivity index (χ2v) is 6.02. The Morgan fingerprint density at radius 2 is 2.00 bits per heavy atom. The van der Waals surface area contributed by atoms with Crippen molar-refractivity contribution < 1.29 is 9.90 Å². The third-order valence-corrected chi connectivity index (χ3v) is 4.77. The maximum atomic E-state index is 12.6. The van der Waals surface area contributed by atoms with Crippen LogP contribution >= 0.6 is 0 Å². The number of benzene rings is 1. The topological polar surface area (TPSA) is 66.3 Å². The predicted molar refractivity (Wildman–Crippen MR) is 77.7 cm³/mol. The van der Waals surface area contributed by atoms with E-state index in [4.69, 9.17) is 0 Å². The van der Waals surface area contributed by atoms with Gasteiger partial charge in [0.1, 0.15) is 5.69 Å². The number of aromatic nitrogens is 2. The summed E-state index contributed by atoms with van der Waals surface area (Å²) in [7, 11) is 0. The van der Waals surface area contributed by atoms with Crippen LogP contribution in [0.15, 0.2) is 30.5 Å². The van der Waals surface area contributed by atoms with E-state index < -0.39 is 0 Å². The van der Waals surface area contributed by atoms with Crippen molar-refractivity contribution >= 4 is 16.9 Å². The maximum absolute atomic E-state index is 12.6. The molecule has 0 radical (unpaired) electrons. The van der Waals surface area contributed by atoms with Gasteiger partial charge in [0.2, 0.25) is 0 Å². The number of rotatable bonds is 1. The number of fused-ring (bicyclic) bond motifs is 2. The minimum atomic E-state index is -0.254. The molecule has 0 spiro atoms. The van der Waals surface area contributed by atoms with Crippen LogP contribution in [-0.4, -0.2) is 45.1 Å². The van der Waals surface area contributed by atoms with Gasteiger partial charge in [0.15, 0.2) is 0 Å². The van der Waals surface area contributed by atoms with Gasteiger partial charge in [-0.3, -0.25) is 9.78 Å². The maximum Gasteiger partial charge on any atom is 0.274 e. The van der Waals surface area contributed by atoms with Gasteiger partial charge < -0.3 is 10.0 Å². The Kier molecular flexibility index (Phi) is 2.89. The molecular weight excluding hydrogens is 266 g/mol. The van der Waals surface area contributed by atoms with E-state index in [9.17, 15) is 9.90 Å². The zero-order chi connectivity index (χ0) is 14.4. The average Bonchev–Trinajstić information content (AvgIpc) is 3.08. The first kappa shape index (κ1) is 12.7. The van der Waals surface area contributed by atoms with Crippen LogP contribution in [0.3, 0.4) is 0 Å². The lowest BCUT2D eigenvalue weighted by Crippen LogP contribution is -2.31. The molecule has 3 atom stereocenters. The lowest BCUT2D eigenvalue weighted by molar-refractivity contribution is 0.0746. The van der Waals surface area contributed by atoms with Gasteiger partial charge in [-0.25, -0.2) is 4.98 Å². The highest BCUT2D eigenvalue weighted by molar-refractivity contribution is 5.94. The standard InChI is InChI=1S/C16H17N3O2/c20-15-6-5-10-8-19(9-11(10)15)16(21)14-7-17-12-3-1-2-4-13(12)18-14/h1-4,7,10-11,15,20H,5-6,8-9H2. The number of likely N-dealkylation sites (tertiary alicyclic amines) is 1. The monoisotopic (exact) mass is 283 g/mol. The molecule has 0 bridgehead atoms. The Hall–Kier alpha value is -2.01. The molecule has 2 heterocycles. The lowest BCUT2D eigenvalue weighted by atomic mass is 10.00. The summed E-state index contributed by atoms with van der Waals surface area (Å²) in [6, 6.07) is 7.54. The average molecular weight is 283 g/mol. The van der Waals surface area contributed by atoms with Gasteiger partial charge in [0.05, 0.1) is 23.3 Å². The van der Waals surface area contributed by atoms with Gasteiger partial charge in [-0.05, 0) is 30.9 Å². The largest absolute Gasteiger partial charge is 0.393 e. The molecule has 2 aliphatic rings. The van der Waals surface area contributed by atoms with Crippen molar-refractivity contribution in [1.82, 2.24) is 14.9 Å². The van der Waals surface area contributed by atoms with Crippen molar-refractivity contribution in [3.05, 3.63) is 36.2 Å². The smallest absolute Gasteiger partial charge is 0.274 e. The van der Waals surface area contributed by atoms with Crippen LogP contribution in [0.2, 0.25) is 0 Å². The molecule has 3 unspecified atom stereocenters. The molecule has 1 N–H and O–H groups in total. The fraction of sp³-hybridized carbons (Fsp3) is 0.438. The van der Waals surface area contributed by atoms with Gasteiger partial charge in [-0.1, -0.05) is 12.1 Å². The van der Waals surface area contributed by atoms with E-state index in [0.717, 1.165) is 30.4 Å². The molecule has 1 aromatic heterocycles. The Bertz CT molecular complexity index is 703. The summed E-state index contributed by atoms with van der Waals surface area (Å²) in [4.78, 5) is 23.1. The molecule has 2 fully saturated rings. The summed E-state index contributed by atoms with van der Waals surface area (Å²) in [5.41, 5.74) is 1.92. The molecule has 1 aliphatic carbocycles. The fourth-order valence-corrected chi connectivity index (χ4v) is 3.62. The number of amides is 1. The third-order valence-electron chi connectivity index (χ3n) is 4.77. The fourth-order valence-electron chi connectivity index (χ4n) is 3.62. The summed E-state index contributed by atoms with van der Waals surface area (Å²) >= 11 is 0. The normalized spacial score (nSPS) is 28.0. The van der Waals surface area contributed by atoms with Crippen LogP contribution in [0.25, 0.3) is 11.0 Å². The molecular formula is C16H17N3O2. The third kappa shape index (κ3) is 2.08. The zero-order valence-corrected chi connectivity index (χ0v) is 11.6. The zero-order valence-electron chi connectivity index (χ0n) is 11.6. The molecule has 1 saturated heterocycles. The second-order valence-electron chi connectivity index (χ2n) is 6.02. The summed E-state index contributed by atoms with van der Waals surface area (Å²) in [6.45, 7) is 1.37. The van der Waals surface area contributed by atoms with E-state index in [1.807, 2.05) is 29.2 Å². The van der Waals surface area contributed by atoms with E-state index in [2.05, 4.69) is 9.97 Å². The van der Waals surface area contributed by atoms with Crippen LogP contribution in [0, 0.1) is 11.8 Å². The van der Waals surface area contributed by atoms with Crippen molar-refractivity contribution in [3.63, 3.8) is 0 Å². The van der Waals surface area contributed by atoms with Crippen molar-refractivity contribution in [2.24, 2.45) is 11.8 Å². The van der Waals surface area contributed by atoms with Crippen molar-refractivity contribution in [2.75, 3.05) is 13.1 Å². The Balaban J connectivity index is 1.59. The molecule has 2 aromatic rings. The number of hydrogen-bond donors (Lipinski definition) is 1. The summed E-state index contributed by atoms with van der Waals surface area (Å²) in [5, 5.41) is 9.94. The number of para-hydroxylation sites is 2. The van der Waals surface area contributed by atoms with E-state index in [1.54, 1.807) is 6.20 Å². The number of aliphatic hydroxyl groups is 1. The van der Waals surface area contributed by atoms with Crippen LogP contribution in [0.4, 0.5) is 0 Å². The Labute approximate surface area is 122 Å². The van der Waals surface area contributed by atoms with Crippen molar-refractivity contribution in [2.45, 2.75) is 18.9 Å². The molecule has 1 amide bonds. The van der Waals surface area contributed by atoms with E-state index in [-0.39, 0.29) is 17.9 Å². The van der Waals surface area contributed by atoms with Gasteiger partial charge >= 0.3 is 0 Å². The first-order valence-corrected chi connectivity index (χ1v) is 7.41. The Morgan fingerprint density at radius 1 is 1.19 bits per heavy atom. The van der Waals surface area contributed by atoms with E-state index in [1.165, 1.54) is 0 Å². The minimum Gasteiger partial charge on any atom is -0.393 e. The number of nitrogens with zero attached hydrogens (tertiary/aromatic N) is 3. The number of hydrogen-bond acceptors (Lipinski definition) is 4. The highest BCUT2D eigenvalue weighted by Gasteiger charge is 2.43. The van der Waals surface area contributed by atoms with Crippen LogP contribution < -0.4 is 0 Å². The van der Waals surface area contributed by atoms with Crippen LogP contribution in [0.1, 0.15) is 23.3 Å². The van der Waals surface area contributed by atoms with Crippen LogP contribution in [0.5, 0.6) is 0 Å². The Morgan fingerprint density at radius 3 is 2.81 bits per heavy atom. The number of aliphatic hydroxyl groups excluding tert-OH is 1. The number of carbonyl (C=O) groups is 1. The summed E-state index contributed by atoms with van der Waals surface area (Å²) in [5.74, 6) is 0.606. The first-order valence-electron chi connectivity index (χ1n) is 7.41. The van der Waals surface area contributed by atoms with Crippen molar-refractivity contribution in [1.29, 1.82) is 0 Å². The highest BCUT2D eigenvalue weighted by Crippen LogP contribution is 2.38. The molecule has 1 saturated carbocycles. The SMILES string of the molecule is O=C(c1cnc2ccccc2n1)N1CC2CCC(O)C2C1. The second kappa shape index (κ2) is 4.77. The van der Waals surface area contributed by atoms with Gasteiger partial charge in [0.25, 0.3) is 5.91 Å². The molecule has 21 heavy (non-hydrogen) atoms. The van der Waals surface area contributed by atoms with Gasteiger partial charge in [0, 0.05) is 19.0 Å². The molecule has 4 rings (SSSR count). The summed E-state index contributed by atoms with van der Waals surface area (Å²) < 4.78 is 0. The quantitative estimate of drug-likeness (QED) is 0.860. The van der Waals surface area contributed by atoms with Gasteiger partial charge in [-0.15, -0.1) is 0 Å². The molecule has 1 aliphatic heterocycles. The van der Waals surface area contributed by atoms with Crippen LogP contribution in [-0.2, 0) is 0 Å². The highest BCUT2D eigenvalue weighted by atomic mass is 16.3. The van der Waals surface area contributed by atoms with Crippen molar-refractivity contribution in [3.8, 4) is 0 Å². The van der Waals surface area contributed by atoms with E-state index in [0.29, 0.717) is 18.2 Å². The number of carbonyl (C=O) groups excluding carboxylic acids is 1. The van der Waals surface area contributed by atoms with Gasteiger partial charge in [-0.2, -0.15) is 0 Å².